The summed E-state index contributed by atoms with van der Waals surface area (Å²) in [6.07, 6.45) is 0.0550. The molecule has 0 heterocycles. The van der Waals surface area contributed by atoms with Crippen LogP contribution in [0, 0.1) is 5.41 Å². The van der Waals surface area contributed by atoms with Gasteiger partial charge < -0.3 is 18.9 Å². The van der Waals surface area contributed by atoms with Gasteiger partial charge in [-0.3, -0.25) is 9.59 Å². The average Bonchev–Trinajstić information content (AvgIpc) is 2.76. The SMILES string of the molecule is CCOC(=O)C(Cc1cc(OC)c(Br)cc1Br)(Cc1cc(OC)c(Br)cc1Br)C(=O)OCC. The fraction of sp³-hybridized carbons (Fsp3) is 0.391. The number of ether oxygens (including phenoxy) is 4. The fourth-order valence-electron chi connectivity index (χ4n) is 3.35. The van der Waals surface area contributed by atoms with Gasteiger partial charge in [0.25, 0.3) is 0 Å². The van der Waals surface area contributed by atoms with Crippen LogP contribution in [-0.2, 0) is 31.9 Å². The quantitative estimate of drug-likeness (QED) is 0.203. The molecule has 0 bridgehead atoms. The second-order valence-electron chi connectivity index (χ2n) is 7.03. The van der Waals surface area contributed by atoms with E-state index in [1.165, 1.54) is 0 Å². The maximum Gasteiger partial charge on any atom is 0.324 e. The van der Waals surface area contributed by atoms with Crippen LogP contribution in [0.3, 0.4) is 0 Å². The molecule has 0 saturated heterocycles. The first-order valence-corrected chi connectivity index (χ1v) is 13.2. The monoisotopic (exact) mass is 712 g/mol. The van der Waals surface area contributed by atoms with Crippen LogP contribution in [0.15, 0.2) is 42.2 Å². The summed E-state index contributed by atoms with van der Waals surface area (Å²) < 4.78 is 24.5. The molecule has 0 aliphatic heterocycles. The number of methoxy groups -OCH3 is 2. The van der Waals surface area contributed by atoms with Crippen LogP contribution >= 0.6 is 63.7 Å². The van der Waals surface area contributed by atoms with E-state index in [0.717, 1.165) is 8.95 Å². The van der Waals surface area contributed by atoms with E-state index in [1.54, 1.807) is 40.2 Å². The molecule has 0 saturated carbocycles. The van der Waals surface area contributed by atoms with Crippen LogP contribution in [0.2, 0.25) is 0 Å². The third-order valence-electron chi connectivity index (χ3n) is 4.96. The molecule has 0 amide bonds. The largest absolute Gasteiger partial charge is 0.496 e. The Bertz CT molecular complexity index is 943. The highest BCUT2D eigenvalue weighted by molar-refractivity contribution is 9.11. The Balaban J connectivity index is 2.72. The number of carbonyl (C=O) groups excluding carboxylic acids is 2. The molecule has 2 aromatic rings. The van der Waals surface area contributed by atoms with Crippen LogP contribution < -0.4 is 9.47 Å². The topological polar surface area (TPSA) is 71.1 Å². The Labute approximate surface area is 227 Å². The van der Waals surface area contributed by atoms with E-state index in [-0.39, 0.29) is 26.1 Å². The van der Waals surface area contributed by atoms with E-state index in [0.29, 0.717) is 31.6 Å². The van der Waals surface area contributed by atoms with Crippen LogP contribution in [0.1, 0.15) is 25.0 Å². The lowest BCUT2D eigenvalue weighted by Gasteiger charge is -2.30. The average molecular weight is 716 g/mol. The molecule has 0 aliphatic carbocycles. The van der Waals surface area contributed by atoms with Gasteiger partial charge in [-0.2, -0.15) is 0 Å². The van der Waals surface area contributed by atoms with Crippen molar-refractivity contribution in [2.45, 2.75) is 26.7 Å². The van der Waals surface area contributed by atoms with Crippen molar-refractivity contribution in [2.24, 2.45) is 5.41 Å². The van der Waals surface area contributed by atoms with Gasteiger partial charge in [-0.05, 0) is 81.1 Å². The Hall–Kier alpha value is -1.10. The van der Waals surface area contributed by atoms with Gasteiger partial charge in [-0.1, -0.05) is 31.9 Å². The van der Waals surface area contributed by atoms with Crippen LogP contribution in [0.4, 0.5) is 0 Å². The standard InChI is InChI=1S/C23H24Br4O6/c1-5-32-21(28)23(22(29)33-6-2,11-13-7-19(30-3)17(26)9-15(13)24)12-14-8-20(31-4)18(27)10-16(14)25/h7-10H,5-6,11-12H2,1-4H3. The van der Waals surface area contributed by atoms with Crippen molar-refractivity contribution in [3.05, 3.63) is 53.3 Å². The summed E-state index contributed by atoms with van der Waals surface area (Å²) in [4.78, 5) is 26.8. The zero-order chi connectivity index (χ0) is 24.8. The summed E-state index contributed by atoms with van der Waals surface area (Å²) in [6.45, 7) is 3.64. The van der Waals surface area contributed by atoms with Gasteiger partial charge in [0.1, 0.15) is 11.5 Å². The van der Waals surface area contributed by atoms with Gasteiger partial charge in [0, 0.05) is 21.8 Å². The van der Waals surface area contributed by atoms with E-state index in [1.807, 2.05) is 12.1 Å². The van der Waals surface area contributed by atoms with Gasteiger partial charge in [0.15, 0.2) is 5.41 Å². The molecule has 33 heavy (non-hydrogen) atoms. The molecule has 0 radical (unpaired) electrons. The number of rotatable bonds is 10. The molecule has 180 valence electrons. The molecule has 6 nitrogen and oxygen atoms in total. The molecule has 10 heteroatoms. The second-order valence-corrected chi connectivity index (χ2v) is 10.5. The number of halogens is 4. The Morgan fingerprint density at radius 3 is 1.36 bits per heavy atom. The molecule has 0 atom stereocenters. The van der Waals surface area contributed by atoms with Gasteiger partial charge >= 0.3 is 11.9 Å². The molecule has 0 fully saturated rings. The summed E-state index contributed by atoms with van der Waals surface area (Å²) in [6, 6.07) is 7.18. The lowest BCUT2D eigenvalue weighted by molar-refractivity contribution is -0.172. The molecule has 2 rings (SSSR count). The van der Waals surface area contributed by atoms with Crippen molar-refractivity contribution >= 4 is 75.7 Å². The molecule has 0 spiro atoms. The Morgan fingerprint density at radius 2 is 1.06 bits per heavy atom. The first-order chi connectivity index (χ1) is 15.6. The summed E-state index contributed by atoms with van der Waals surface area (Å²) in [7, 11) is 3.10. The molecule has 0 aliphatic rings. The highest BCUT2D eigenvalue weighted by Gasteiger charge is 2.50. The second kappa shape index (κ2) is 12.6. The summed E-state index contributed by atoms with van der Waals surface area (Å²) >= 11 is 14.0. The summed E-state index contributed by atoms with van der Waals surface area (Å²) in [5.74, 6) is -0.181. The van der Waals surface area contributed by atoms with Crippen molar-refractivity contribution in [1.29, 1.82) is 0 Å². The lowest BCUT2D eigenvalue weighted by atomic mass is 9.76. The van der Waals surface area contributed by atoms with Crippen molar-refractivity contribution < 1.29 is 28.5 Å². The lowest BCUT2D eigenvalue weighted by Crippen LogP contribution is -2.46. The maximum atomic E-state index is 13.4. The maximum absolute atomic E-state index is 13.4. The smallest absolute Gasteiger partial charge is 0.324 e. The van der Waals surface area contributed by atoms with Crippen LogP contribution in [-0.4, -0.2) is 39.4 Å². The highest BCUT2D eigenvalue weighted by atomic mass is 79.9. The van der Waals surface area contributed by atoms with Crippen molar-refractivity contribution in [3.8, 4) is 11.5 Å². The predicted octanol–water partition coefficient (Wildman–Crippen LogP) is 6.65. The zero-order valence-electron chi connectivity index (χ0n) is 18.6. The Kier molecular flexibility index (Phi) is 10.7. The normalized spacial score (nSPS) is 11.2. The summed E-state index contributed by atoms with van der Waals surface area (Å²) in [5.41, 5.74) is -0.262. The molecular weight excluding hydrogens is 692 g/mol. The minimum Gasteiger partial charge on any atom is -0.496 e. The molecule has 0 aromatic heterocycles. The third kappa shape index (κ3) is 6.52. The van der Waals surface area contributed by atoms with Gasteiger partial charge in [0.05, 0.1) is 36.4 Å². The van der Waals surface area contributed by atoms with E-state index >= 15 is 0 Å². The first-order valence-electron chi connectivity index (χ1n) is 10.0. The number of hydrogen-bond donors (Lipinski definition) is 0. The van der Waals surface area contributed by atoms with E-state index in [9.17, 15) is 9.59 Å². The number of carbonyl (C=O) groups is 2. The minimum atomic E-state index is -1.64. The number of esters is 2. The van der Waals surface area contributed by atoms with Crippen molar-refractivity contribution in [2.75, 3.05) is 27.4 Å². The van der Waals surface area contributed by atoms with Crippen molar-refractivity contribution in [3.63, 3.8) is 0 Å². The molecular formula is C23H24Br4O6. The number of hydrogen-bond acceptors (Lipinski definition) is 6. The van der Waals surface area contributed by atoms with Crippen LogP contribution in [0.5, 0.6) is 11.5 Å². The number of benzene rings is 2. The van der Waals surface area contributed by atoms with Gasteiger partial charge in [0.2, 0.25) is 0 Å². The highest BCUT2D eigenvalue weighted by Crippen LogP contribution is 2.41. The van der Waals surface area contributed by atoms with E-state index in [4.69, 9.17) is 18.9 Å². The van der Waals surface area contributed by atoms with Gasteiger partial charge in [-0.15, -0.1) is 0 Å². The van der Waals surface area contributed by atoms with Gasteiger partial charge in [-0.25, -0.2) is 0 Å². The third-order valence-corrected chi connectivity index (χ3v) is 7.67. The predicted molar refractivity (Wildman–Crippen MR) is 140 cm³/mol. The summed E-state index contributed by atoms with van der Waals surface area (Å²) in [5, 5.41) is 0. The molecule has 2 aromatic carbocycles. The molecule has 0 unspecified atom stereocenters. The minimum absolute atomic E-state index is 0.0275. The Morgan fingerprint density at radius 1 is 0.697 bits per heavy atom. The van der Waals surface area contributed by atoms with E-state index < -0.39 is 17.4 Å². The van der Waals surface area contributed by atoms with Crippen molar-refractivity contribution in [1.82, 2.24) is 0 Å². The fourth-order valence-corrected chi connectivity index (χ4v) is 5.94. The van der Waals surface area contributed by atoms with E-state index in [2.05, 4.69) is 63.7 Å². The zero-order valence-corrected chi connectivity index (χ0v) is 24.9. The molecule has 0 N–H and O–H groups in total. The first kappa shape index (κ1) is 28.1. The van der Waals surface area contributed by atoms with Crippen LogP contribution in [0.25, 0.3) is 0 Å².